The highest BCUT2D eigenvalue weighted by Crippen LogP contribution is 2.22. The minimum absolute atomic E-state index is 0.229. The molecule has 0 bridgehead atoms. The zero-order valence-corrected chi connectivity index (χ0v) is 10.7. The normalized spacial score (nSPS) is 10.5. The van der Waals surface area contributed by atoms with Gasteiger partial charge in [0, 0.05) is 13.5 Å². The molecule has 94 valence electrons. The lowest BCUT2D eigenvalue weighted by Crippen LogP contribution is -1.99. The van der Waals surface area contributed by atoms with Crippen molar-refractivity contribution < 1.29 is 14.6 Å². The molecule has 0 saturated heterocycles. The molecule has 1 aromatic carbocycles. The van der Waals surface area contributed by atoms with Crippen LogP contribution in [-0.2, 0) is 17.8 Å². The molecule has 0 atom stereocenters. The number of hydrogen-bond donors (Lipinski definition) is 1. The second-order valence-electron chi connectivity index (χ2n) is 3.78. The molecular weight excluding hydrogens is 250 g/mol. The van der Waals surface area contributed by atoms with Crippen LogP contribution in [-0.4, -0.2) is 23.2 Å². The van der Waals surface area contributed by atoms with Crippen LogP contribution in [0.2, 0.25) is 0 Å². The molecule has 2 aromatic rings. The van der Waals surface area contributed by atoms with Crippen molar-refractivity contribution in [1.29, 1.82) is 0 Å². The van der Waals surface area contributed by atoms with Gasteiger partial charge in [0.2, 0.25) is 0 Å². The Bertz CT molecular complexity index is 536. The van der Waals surface area contributed by atoms with Crippen molar-refractivity contribution in [1.82, 2.24) is 4.98 Å². The highest BCUT2D eigenvalue weighted by Gasteiger charge is 2.17. The highest BCUT2D eigenvalue weighted by atomic mass is 32.1. The molecule has 0 unspecified atom stereocenters. The van der Waals surface area contributed by atoms with Crippen molar-refractivity contribution in [2.24, 2.45) is 0 Å². The van der Waals surface area contributed by atoms with Crippen LogP contribution in [0.3, 0.4) is 0 Å². The summed E-state index contributed by atoms with van der Waals surface area (Å²) in [5.74, 6) is -0.945. The highest BCUT2D eigenvalue weighted by molar-refractivity contribution is 7.13. The molecule has 0 aliphatic carbocycles. The Balaban J connectivity index is 2.24. The van der Waals surface area contributed by atoms with Crippen molar-refractivity contribution in [3.8, 4) is 0 Å². The summed E-state index contributed by atoms with van der Waals surface area (Å²) >= 11 is 1.21. The summed E-state index contributed by atoms with van der Waals surface area (Å²) in [5.41, 5.74) is 1.62. The fraction of sp³-hybridized carbons (Fsp3) is 0.231. The number of carboxylic acids is 1. The maximum absolute atomic E-state index is 11.1. The Labute approximate surface area is 109 Å². The SMILES string of the molecule is COCc1nc(Cc2ccccc2)sc1C(=O)O. The maximum Gasteiger partial charge on any atom is 0.347 e. The van der Waals surface area contributed by atoms with E-state index >= 15 is 0 Å². The topological polar surface area (TPSA) is 59.4 Å². The number of rotatable bonds is 5. The minimum Gasteiger partial charge on any atom is -0.477 e. The van der Waals surface area contributed by atoms with E-state index < -0.39 is 5.97 Å². The number of methoxy groups -OCH3 is 1. The standard InChI is InChI=1S/C13H13NO3S/c1-17-8-10-12(13(15)16)18-11(14-10)7-9-5-3-2-4-6-9/h2-6H,7-8H2,1H3,(H,15,16). The van der Waals surface area contributed by atoms with Crippen LogP contribution in [0.1, 0.15) is 25.9 Å². The molecule has 0 saturated carbocycles. The predicted molar refractivity (Wildman–Crippen MR) is 69.0 cm³/mol. The number of hydrogen-bond acceptors (Lipinski definition) is 4. The Morgan fingerprint density at radius 1 is 1.39 bits per heavy atom. The van der Waals surface area contributed by atoms with Gasteiger partial charge in [-0.2, -0.15) is 0 Å². The Morgan fingerprint density at radius 3 is 2.72 bits per heavy atom. The average molecular weight is 263 g/mol. The summed E-state index contributed by atoms with van der Waals surface area (Å²) in [4.78, 5) is 15.7. The van der Waals surface area contributed by atoms with E-state index in [9.17, 15) is 4.79 Å². The van der Waals surface area contributed by atoms with Gasteiger partial charge in [-0.05, 0) is 5.56 Å². The van der Waals surface area contributed by atoms with Gasteiger partial charge in [-0.3, -0.25) is 0 Å². The van der Waals surface area contributed by atoms with Gasteiger partial charge in [-0.15, -0.1) is 11.3 Å². The van der Waals surface area contributed by atoms with Crippen molar-refractivity contribution in [2.45, 2.75) is 13.0 Å². The van der Waals surface area contributed by atoms with Gasteiger partial charge in [-0.25, -0.2) is 9.78 Å². The monoisotopic (exact) mass is 263 g/mol. The zero-order valence-electron chi connectivity index (χ0n) is 9.92. The molecule has 5 heteroatoms. The van der Waals surface area contributed by atoms with Gasteiger partial charge in [0.15, 0.2) is 0 Å². The van der Waals surface area contributed by atoms with Crippen LogP contribution in [0.25, 0.3) is 0 Å². The van der Waals surface area contributed by atoms with E-state index in [1.54, 1.807) is 0 Å². The first-order chi connectivity index (χ1) is 8.70. The van der Waals surface area contributed by atoms with Crippen LogP contribution >= 0.6 is 11.3 Å². The molecule has 0 radical (unpaired) electrons. The van der Waals surface area contributed by atoms with Crippen molar-refractivity contribution in [3.05, 3.63) is 51.5 Å². The third-order valence-electron chi connectivity index (χ3n) is 2.42. The second kappa shape index (κ2) is 5.75. The van der Waals surface area contributed by atoms with Gasteiger partial charge in [0.25, 0.3) is 0 Å². The minimum atomic E-state index is -0.945. The number of aromatic nitrogens is 1. The summed E-state index contributed by atoms with van der Waals surface area (Å²) in [6.07, 6.45) is 0.648. The van der Waals surface area contributed by atoms with Crippen LogP contribution in [0.5, 0.6) is 0 Å². The smallest absolute Gasteiger partial charge is 0.347 e. The Hall–Kier alpha value is -1.72. The van der Waals surface area contributed by atoms with Crippen molar-refractivity contribution in [2.75, 3.05) is 7.11 Å². The molecule has 0 aliphatic rings. The summed E-state index contributed by atoms with van der Waals surface area (Å²) < 4.78 is 4.96. The number of nitrogens with zero attached hydrogens (tertiary/aromatic N) is 1. The van der Waals surface area contributed by atoms with Gasteiger partial charge >= 0.3 is 5.97 Å². The van der Waals surface area contributed by atoms with Gasteiger partial charge in [0.1, 0.15) is 4.88 Å². The lowest BCUT2D eigenvalue weighted by atomic mass is 10.2. The molecule has 1 N–H and O–H groups in total. The maximum atomic E-state index is 11.1. The molecule has 0 amide bonds. The fourth-order valence-electron chi connectivity index (χ4n) is 1.65. The first kappa shape index (κ1) is 12.7. The van der Waals surface area contributed by atoms with Crippen LogP contribution in [0.15, 0.2) is 30.3 Å². The fourth-order valence-corrected chi connectivity index (χ4v) is 2.59. The molecule has 2 rings (SSSR count). The number of benzene rings is 1. The Kier molecular flexibility index (Phi) is 4.07. The van der Waals surface area contributed by atoms with Gasteiger partial charge in [0.05, 0.1) is 17.3 Å². The number of ether oxygens (including phenoxy) is 1. The van der Waals surface area contributed by atoms with E-state index in [4.69, 9.17) is 9.84 Å². The second-order valence-corrected chi connectivity index (χ2v) is 4.87. The first-order valence-electron chi connectivity index (χ1n) is 5.45. The van der Waals surface area contributed by atoms with Crippen molar-refractivity contribution >= 4 is 17.3 Å². The van der Waals surface area contributed by atoms with E-state index in [1.807, 2.05) is 30.3 Å². The average Bonchev–Trinajstić information content (AvgIpc) is 2.74. The number of aromatic carboxylic acids is 1. The third kappa shape index (κ3) is 2.94. The van der Waals surface area contributed by atoms with E-state index in [2.05, 4.69) is 4.98 Å². The van der Waals surface area contributed by atoms with Crippen LogP contribution in [0, 0.1) is 0 Å². The van der Waals surface area contributed by atoms with Gasteiger partial charge in [-0.1, -0.05) is 30.3 Å². The Morgan fingerprint density at radius 2 is 2.11 bits per heavy atom. The largest absolute Gasteiger partial charge is 0.477 e. The van der Waals surface area contributed by atoms with Crippen LogP contribution < -0.4 is 0 Å². The molecule has 4 nitrogen and oxygen atoms in total. The molecule has 18 heavy (non-hydrogen) atoms. The predicted octanol–water partition coefficient (Wildman–Crippen LogP) is 2.58. The summed E-state index contributed by atoms with van der Waals surface area (Å²) in [6.45, 7) is 0.229. The molecule has 0 aliphatic heterocycles. The molecular formula is C13H13NO3S. The molecule has 1 heterocycles. The van der Waals surface area contributed by atoms with E-state index in [-0.39, 0.29) is 11.5 Å². The third-order valence-corrected chi connectivity index (χ3v) is 3.50. The number of thiazole rings is 1. The molecule has 0 spiro atoms. The lowest BCUT2D eigenvalue weighted by molar-refractivity contribution is 0.0697. The zero-order chi connectivity index (χ0) is 13.0. The number of carbonyl (C=O) groups is 1. The molecule has 0 fully saturated rings. The summed E-state index contributed by atoms with van der Waals surface area (Å²) in [6, 6.07) is 9.86. The van der Waals surface area contributed by atoms with E-state index in [0.29, 0.717) is 12.1 Å². The first-order valence-corrected chi connectivity index (χ1v) is 6.27. The van der Waals surface area contributed by atoms with Crippen LogP contribution in [0.4, 0.5) is 0 Å². The number of carboxylic acid groups (broad SMARTS) is 1. The van der Waals surface area contributed by atoms with Crippen molar-refractivity contribution in [3.63, 3.8) is 0 Å². The van der Waals surface area contributed by atoms with E-state index in [0.717, 1.165) is 10.6 Å². The summed E-state index contributed by atoms with van der Waals surface area (Å²) in [7, 11) is 1.53. The lowest BCUT2D eigenvalue weighted by Gasteiger charge is -1.96. The molecule has 1 aromatic heterocycles. The van der Waals surface area contributed by atoms with Gasteiger partial charge < -0.3 is 9.84 Å². The quantitative estimate of drug-likeness (QED) is 0.900. The van der Waals surface area contributed by atoms with E-state index in [1.165, 1.54) is 18.4 Å². The summed E-state index contributed by atoms with van der Waals surface area (Å²) in [5, 5.41) is 9.88.